The quantitative estimate of drug-likeness (QED) is 0.696. The standard InChI is InChI=1S/C8H14N4OS/c1-3-4-11-8-12-6(9)5(14-8)7(13)10-2/h3-4,9H2,1-2H3,(H,10,13)(H,11,12). The first-order valence-electron chi connectivity index (χ1n) is 4.41. The minimum absolute atomic E-state index is 0.190. The van der Waals surface area contributed by atoms with Crippen molar-refractivity contribution in [3.05, 3.63) is 4.88 Å². The smallest absolute Gasteiger partial charge is 0.265 e. The highest BCUT2D eigenvalue weighted by Crippen LogP contribution is 2.24. The fourth-order valence-electron chi connectivity index (χ4n) is 0.916. The molecule has 0 radical (unpaired) electrons. The predicted octanol–water partition coefficient (Wildman–Crippen LogP) is 0.907. The normalized spacial score (nSPS) is 9.86. The van der Waals surface area contributed by atoms with Gasteiger partial charge < -0.3 is 16.4 Å². The molecule has 0 saturated heterocycles. The van der Waals surface area contributed by atoms with Crippen molar-refractivity contribution in [3.63, 3.8) is 0 Å². The number of carbonyl (C=O) groups is 1. The average molecular weight is 214 g/mol. The summed E-state index contributed by atoms with van der Waals surface area (Å²) in [6, 6.07) is 0. The van der Waals surface area contributed by atoms with E-state index in [1.165, 1.54) is 11.3 Å². The van der Waals surface area contributed by atoms with Crippen LogP contribution in [0.1, 0.15) is 23.0 Å². The highest BCUT2D eigenvalue weighted by molar-refractivity contribution is 7.18. The zero-order chi connectivity index (χ0) is 10.6. The molecule has 14 heavy (non-hydrogen) atoms. The van der Waals surface area contributed by atoms with E-state index in [0.717, 1.165) is 13.0 Å². The number of aromatic nitrogens is 1. The third kappa shape index (κ3) is 2.35. The molecule has 1 aromatic heterocycles. The molecule has 1 rings (SSSR count). The topological polar surface area (TPSA) is 80.0 Å². The molecular formula is C8H14N4OS. The largest absolute Gasteiger partial charge is 0.382 e. The monoisotopic (exact) mass is 214 g/mol. The summed E-state index contributed by atoms with van der Waals surface area (Å²) in [7, 11) is 1.57. The van der Waals surface area contributed by atoms with Crippen LogP contribution in [0.5, 0.6) is 0 Å². The lowest BCUT2D eigenvalue weighted by Crippen LogP contribution is -2.17. The molecule has 78 valence electrons. The maximum absolute atomic E-state index is 11.3. The van der Waals surface area contributed by atoms with Gasteiger partial charge in [0.15, 0.2) is 5.13 Å². The van der Waals surface area contributed by atoms with E-state index >= 15 is 0 Å². The van der Waals surface area contributed by atoms with E-state index in [-0.39, 0.29) is 11.7 Å². The van der Waals surface area contributed by atoms with Crippen LogP contribution in [0.3, 0.4) is 0 Å². The van der Waals surface area contributed by atoms with Crippen LogP contribution in [0.15, 0.2) is 0 Å². The summed E-state index contributed by atoms with van der Waals surface area (Å²) in [5.41, 5.74) is 5.59. The Morgan fingerprint density at radius 1 is 1.64 bits per heavy atom. The van der Waals surface area contributed by atoms with Crippen LogP contribution in [0.25, 0.3) is 0 Å². The van der Waals surface area contributed by atoms with E-state index in [9.17, 15) is 4.79 Å². The van der Waals surface area contributed by atoms with Crippen molar-refractivity contribution in [1.82, 2.24) is 10.3 Å². The zero-order valence-electron chi connectivity index (χ0n) is 8.26. The second kappa shape index (κ2) is 4.80. The van der Waals surface area contributed by atoms with Gasteiger partial charge >= 0.3 is 0 Å². The molecule has 0 spiro atoms. The molecule has 4 N–H and O–H groups in total. The van der Waals surface area contributed by atoms with Crippen LogP contribution in [-0.4, -0.2) is 24.5 Å². The molecule has 0 bridgehead atoms. The number of nitrogen functional groups attached to an aromatic ring is 1. The molecule has 5 nitrogen and oxygen atoms in total. The molecule has 1 aromatic rings. The molecule has 0 saturated carbocycles. The summed E-state index contributed by atoms with van der Waals surface area (Å²) >= 11 is 1.27. The Morgan fingerprint density at radius 3 is 2.93 bits per heavy atom. The van der Waals surface area contributed by atoms with E-state index in [1.54, 1.807) is 7.05 Å². The first-order chi connectivity index (χ1) is 6.69. The molecule has 6 heteroatoms. The summed E-state index contributed by atoms with van der Waals surface area (Å²) in [6.45, 7) is 2.89. The van der Waals surface area contributed by atoms with Gasteiger partial charge in [-0.1, -0.05) is 18.3 Å². The zero-order valence-corrected chi connectivity index (χ0v) is 9.07. The first-order valence-corrected chi connectivity index (χ1v) is 5.23. The van der Waals surface area contributed by atoms with Crippen LogP contribution in [-0.2, 0) is 0 Å². The third-order valence-corrected chi connectivity index (χ3v) is 2.64. The number of thiazole rings is 1. The number of hydrogen-bond acceptors (Lipinski definition) is 5. The van der Waals surface area contributed by atoms with Crippen molar-refractivity contribution in [2.75, 3.05) is 24.6 Å². The molecule has 0 aliphatic heterocycles. The van der Waals surface area contributed by atoms with Gasteiger partial charge in [0.2, 0.25) is 0 Å². The molecule has 0 atom stereocenters. The fraction of sp³-hybridized carbons (Fsp3) is 0.500. The lowest BCUT2D eigenvalue weighted by molar-refractivity contribution is 0.0968. The molecule has 0 aliphatic rings. The molecule has 0 unspecified atom stereocenters. The van der Waals surface area contributed by atoms with Crippen molar-refractivity contribution in [1.29, 1.82) is 0 Å². The average Bonchev–Trinajstić information content (AvgIpc) is 2.55. The summed E-state index contributed by atoms with van der Waals surface area (Å²) in [4.78, 5) is 15.8. The number of hydrogen-bond donors (Lipinski definition) is 3. The second-order valence-electron chi connectivity index (χ2n) is 2.74. The van der Waals surface area contributed by atoms with Gasteiger partial charge in [-0.05, 0) is 6.42 Å². The number of amides is 1. The number of nitrogens with one attached hydrogen (secondary N) is 2. The lowest BCUT2D eigenvalue weighted by Gasteiger charge is -1.96. The van der Waals surface area contributed by atoms with Crippen molar-refractivity contribution in [2.45, 2.75) is 13.3 Å². The van der Waals surface area contributed by atoms with Gasteiger partial charge in [-0.25, -0.2) is 4.98 Å². The van der Waals surface area contributed by atoms with Crippen LogP contribution in [0, 0.1) is 0 Å². The van der Waals surface area contributed by atoms with E-state index in [1.807, 2.05) is 0 Å². The Morgan fingerprint density at radius 2 is 2.36 bits per heavy atom. The first kappa shape index (κ1) is 10.8. The number of nitrogens with two attached hydrogens (primary N) is 1. The van der Waals surface area contributed by atoms with E-state index in [0.29, 0.717) is 10.0 Å². The maximum atomic E-state index is 11.3. The molecule has 0 fully saturated rings. The number of carbonyl (C=O) groups excluding carboxylic acids is 1. The Hall–Kier alpha value is -1.30. The van der Waals surface area contributed by atoms with Crippen molar-refractivity contribution in [3.8, 4) is 0 Å². The molecule has 0 aliphatic carbocycles. The number of nitrogens with zero attached hydrogens (tertiary/aromatic N) is 1. The van der Waals surface area contributed by atoms with E-state index in [4.69, 9.17) is 5.73 Å². The van der Waals surface area contributed by atoms with Gasteiger partial charge in [0.05, 0.1) is 0 Å². The molecule has 1 amide bonds. The summed E-state index contributed by atoms with van der Waals surface area (Å²) in [6.07, 6.45) is 1.01. The fourth-order valence-corrected chi connectivity index (χ4v) is 1.77. The van der Waals surface area contributed by atoms with Crippen LogP contribution in [0.4, 0.5) is 10.9 Å². The maximum Gasteiger partial charge on any atom is 0.265 e. The number of anilines is 2. The highest BCUT2D eigenvalue weighted by Gasteiger charge is 2.13. The minimum Gasteiger partial charge on any atom is -0.382 e. The molecule has 1 heterocycles. The summed E-state index contributed by atoms with van der Waals surface area (Å²) < 4.78 is 0. The Labute approximate surface area is 86.7 Å². The van der Waals surface area contributed by atoms with Gasteiger partial charge in [0, 0.05) is 13.6 Å². The van der Waals surface area contributed by atoms with Gasteiger partial charge in [0.1, 0.15) is 10.7 Å². The number of rotatable bonds is 4. The highest BCUT2D eigenvalue weighted by atomic mass is 32.1. The SMILES string of the molecule is CCCNc1nc(N)c(C(=O)NC)s1. The van der Waals surface area contributed by atoms with Gasteiger partial charge in [0.25, 0.3) is 5.91 Å². The van der Waals surface area contributed by atoms with Crippen LogP contribution >= 0.6 is 11.3 Å². The van der Waals surface area contributed by atoms with Gasteiger partial charge in [-0.2, -0.15) is 0 Å². The Bertz CT molecular complexity index is 323. The Balaban J connectivity index is 2.77. The van der Waals surface area contributed by atoms with Crippen LogP contribution < -0.4 is 16.4 Å². The molecular weight excluding hydrogens is 200 g/mol. The van der Waals surface area contributed by atoms with E-state index in [2.05, 4.69) is 22.5 Å². The predicted molar refractivity (Wildman–Crippen MR) is 58.7 cm³/mol. The summed E-state index contributed by atoms with van der Waals surface area (Å²) in [5.74, 6) is 0.0949. The summed E-state index contributed by atoms with van der Waals surface area (Å²) in [5, 5.41) is 6.29. The molecule has 0 aromatic carbocycles. The third-order valence-electron chi connectivity index (χ3n) is 1.61. The second-order valence-corrected chi connectivity index (χ2v) is 3.74. The minimum atomic E-state index is -0.190. The van der Waals surface area contributed by atoms with Gasteiger partial charge in [-0.15, -0.1) is 0 Å². The van der Waals surface area contributed by atoms with Crippen molar-refractivity contribution < 1.29 is 4.79 Å². The Kier molecular flexibility index (Phi) is 3.70. The van der Waals surface area contributed by atoms with Crippen molar-refractivity contribution >= 4 is 28.2 Å². The van der Waals surface area contributed by atoms with Crippen molar-refractivity contribution in [2.24, 2.45) is 0 Å². The van der Waals surface area contributed by atoms with E-state index < -0.39 is 0 Å². The van der Waals surface area contributed by atoms with Crippen LogP contribution in [0.2, 0.25) is 0 Å². The lowest BCUT2D eigenvalue weighted by atomic mass is 10.5. The van der Waals surface area contributed by atoms with Gasteiger partial charge in [-0.3, -0.25) is 4.79 Å².